The van der Waals surface area contributed by atoms with Gasteiger partial charge in [0.2, 0.25) is 15.9 Å². The number of fused-ring (bicyclic) bond motifs is 1. The van der Waals surface area contributed by atoms with Crippen LogP contribution in [-0.4, -0.2) is 40.8 Å². The minimum absolute atomic E-state index is 0.234. The molecule has 7 nitrogen and oxygen atoms in total. The highest BCUT2D eigenvalue weighted by Crippen LogP contribution is 2.35. The topological polar surface area (TPSA) is 84.9 Å². The van der Waals surface area contributed by atoms with Gasteiger partial charge in [-0.3, -0.25) is 9.10 Å². The van der Waals surface area contributed by atoms with Gasteiger partial charge in [0.25, 0.3) is 0 Å². The predicted octanol–water partition coefficient (Wildman–Crippen LogP) is 3.33. The molecule has 0 aliphatic carbocycles. The second-order valence-corrected chi connectivity index (χ2v) is 9.03. The highest BCUT2D eigenvalue weighted by Gasteiger charge is 2.31. The molecule has 1 N–H and O–H groups in total. The van der Waals surface area contributed by atoms with Gasteiger partial charge in [-0.15, -0.1) is 0 Å². The fourth-order valence-corrected chi connectivity index (χ4v) is 4.61. The third-order valence-electron chi connectivity index (χ3n) is 4.99. The van der Waals surface area contributed by atoms with E-state index in [4.69, 9.17) is 9.47 Å². The second-order valence-electron chi connectivity index (χ2n) is 7.17. The zero-order valence-electron chi connectivity index (χ0n) is 18.0. The molecule has 8 heteroatoms. The number of carbonyl (C=O) groups is 1. The fourth-order valence-electron chi connectivity index (χ4n) is 3.44. The summed E-state index contributed by atoms with van der Waals surface area (Å²) in [6.07, 6.45) is 1.05. The van der Waals surface area contributed by atoms with E-state index in [1.54, 1.807) is 12.1 Å². The molecular formula is C23H26N2O5S. The van der Waals surface area contributed by atoms with Gasteiger partial charge in [-0.1, -0.05) is 36.4 Å². The summed E-state index contributed by atoms with van der Waals surface area (Å²) in [6.45, 7) is 1.82. The SMILES string of the molecule is COc1ccc(OC)c(N([C@@H](C)C(=O)NCc2ccc3ccccc3c2)S(C)(=O)=O)c1. The van der Waals surface area contributed by atoms with Crippen LogP contribution < -0.4 is 19.1 Å². The van der Waals surface area contributed by atoms with Gasteiger partial charge >= 0.3 is 0 Å². The summed E-state index contributed by atoms with van der Waals surface area (Å²) >= 11 is 0. The number of carbonyl (C=O) groups excluding carboxylic acids is 1. The molecule has 1 amide bonds. The van der Waals surface area contributed by atoms with Gasteiger partial charge in [-0.25, -0.2) is 8.42 Å². The van der Waals surface area contributed by atoms with Gasteiger partial charge in [0.1, 0.15) is 17.5 Å². The van der Waals surface area contributed by atoms with Gasteiger partial charge in [0.05, 0.1) is 26.2 Å². The second kappa shape index (κ2) is 9.26. The lowest BCUT2D eigenvalue weighted by molar-refractivity contribution is -0.122. The van der Waals surface area contributed by atoms with E-state index in [-0.39, 0.29) is 12.2 Å². The maximum atomic E-state index is 12.9. The summed E-state index contributed by atoms with van der Waals surface area (Å²) in [7, 11) is -0.872. The Balaban J connectivity index is 1.84. The number of nitrogens with zero attached hydrogens (tertiary/aromatic N) is 1. The number of anilines is 1. The highest BCUT2D eigenvalue weighted by atomic mass is 32.2. The number of methoxy groups -OCH3 is 2. The van der Waals surface area contributed by atoms with Crippen molar-refractivity contribution in [3.63, 3.8) is 0 Å². The first-order valence-corrected chi connectivity index (χ1v) is 11.6. The van der Waals surface area contributed by atoms with Crippen LogP contribution in [0, 0.1) is 0 Å². The van der Waals surface area contributed by atoms with Gasteiger partial charge in [-0.2, -0.15) is 0 Å². The molecular weight excluding hydrogens is 416 g/mol. The molecule has 3 aromatic carbocycles. The smallest absolute Gasteiger partial charge is 0.243 e. The first-order chi connectivity index (χ1) is 14.7. The molecule has 3 aromatic rings. The van der Waals surface area contributed by atoms with Crippen molar-refractivity contribution in [2.75, 3.05) is 24.8 Å². The third kappa shape index (κ3) is 5.08. The quantitative estimate of drug-likeness (QED) is 0.578. The average Bonchev–Trinajstić information content (AvgIpc) is 2.76. The third-order valence-corrected chi connectivity index (χ3v) is 6.22. The van der Waals surface area contributed by atoms with Gasteiger partial charge < -0.3 is 14.8 Å². The molecule has 0 spiro atoms. The van der Waals surface area contributed by atoms with E-state index >= 15 is 0 Å². The predicted molar refractivity (Wildman–Crippen MR) is 122 cm³/mol. The number of hydrogen-bond donors (Lipinski definition) is 1. The Bertz CT molecular complexity index is 1190. The molecule has 0 bridgehead atoms. The molecule has 0 heterocycles. The average molecular weight is 443 g/mol. The Morgan fingerprint density at radius 1 is 1.00 bits per heavy atom. The number of benzene rings is 3. The fraction of sp³-hybridized carbons (Fsp3) is 0.261. The molecule has 0 radical (unpaired) electrons. The lowest BCUT2D eigenvalue weighted by atomic mass is 10.1. The summed E-state index contributed by atoms with van der Waals surface area (Å²) in [4.78, 5) is 12.9. The van der Waals surface area contributed by atoms with E-state index in [1.165, 1.54) is 27.2 Å². The summed E-state index contributed by atoms with van der Waals surface area (Å²) < 4.78 is 36.8. The molecule has 164 valence electrons. The van der Waals surface area contributed by atoms with Crippen LogP contribution in [0.25, 0.3) is 10.8 Å². The summed E-state index contributed by atoms with van der Waals surface area (Å²) in [6, 6.07) is 17.7. The molecule has 0 unspecified atom stereocenters. The van der Waals surface area contributed by atoms with Gasteiger partial charge in [0.15, 0.2) is 0 Å². The van der Waals surface area contributed by atoms with Crippen molar-refractivity contribution in [2.45, 2.75) is 19.5 Å². The molecule has 1 atom stereocenters. The largest absolute Gasteiger partial charge is 0.497 e. The Kier molecular flexibility index (Phi) is 6.70. The normalized spacial score (nSPS) is 12.3. The first-order valence-electron chi connectivity index (χ1n) is 9.71. The molecule has 0 saturated carbocycles. The van der Waals surface area contributed by atoms with Crippen molar-refractivity contribution in [3.05, 3.63) is 66.2 Å². The Hall–Kier alpha value is -3.26. The van der Waals surface area contributed by atoms with E-state index < -0.39 is 22.0 Å². The van der Waals surface area contributed by atoms with Crippen LogP contribution in [0.15, 0.2) is 60.7 Å². The van der Waals surface area contributed by atoms with Crippen molar-refractivity contribution in [1.29, 1.82) is 0 Å². The molecule has 0 aromatic heterocycles. The standard InChI is InChI=1S/C23H26N2O5S/c1-16(23(26)24-15-17-9-10-18-7-5-6-8-19(18)13-17)25(31(4,27)28)21-14-20(29-2)11-12-22(21)30-3/h5-14,16H,15H2,1-4H3,(H,24,26)/t16-/m0/s1. The van der Waals surface area contributed by atoms with Crippen LogP contribution in [0.3, 0.4) is 0 Å². The number of amides is 1. The van der Waals surface area contributed by atoms with Crippen LogP contribution in [-0.2, 0) is 21.4 Å². The maximum Gasteiger partial charge on any atom is 0.243 e. The zero-order valence-corrected chi connectivity index (χ0v) is 18.8. The van der Waals surface area contributed by atoms with E-state index in [0.29, 0.717) is 11.5 Å². The number of hydrogen-bond acceptors (Lipinski definition) is 5. The summed E-state index contributed by atoms with van der Waals surface area (Å²) in [5.74, 6) is 0.345. The number of sulfonamides is 1. The molecule has 0 fully saturated rings. The van der Waals surface area contributed by atoms with E-state index in [9.17, 15) is 13.2 Å². The number of ether oxygens (including phenoxy) is 2. The summed E-state index contributed by atoms with van der Waals surface area (Å²) in [5, 5.41) is 5.02. The van der Waals surface area contributed by atoms with Crippen LogP contribution >= 0.6 is 0 Å². The highest BCUT2D eigenvalue weighted by molar-refractivity contribution is 7.92. The monoisotopic (exact) mass is 442 g/mol. The molecule has 3 rings (SSSR count). The minimum Gasteiger partial charge on any atom is -0.497 e. The molecule has 0 saturated heterocycles. The van der Waals surface area contributed by atoms with E-state index in [0.717, 1.165) is 26.9 Å². The van der Waals surface area contributed by atoms with Crippen LogP contribution in [0.1, 0.15) is 12.5 Å². The van der Waals surface area contributed by atoms with Crippen LogP contribution in [0.4, 0.5) is 5.69 Å². The lowest BCUT2D eigenvalue weighted by Crippen LogP contribution is -2.47. The zero-order chi connectivity index (χ0) is 22.6. The van der Waals surface area contributed by atoms with E-state index in [2.05, 4.69) is 5.32 Å². The molecule has 31 heavy (non-hydrogen) atoms. The van der Waals surface area contributed by atoms with Crippen LogP contribution in [0.5, 0.6) is 11.5 Å². The Morgan fingerprint density at radius 2 is 1.71 bits per heavy atom. The van der Waals surface area contributed by atoms with Crippen molar-refractivity contribution < 1.29 is 22.7 Å². The van der Waals surface area contributed by atoms with E-state index in [1.807, 2.05) is 42.5 Å². The van der Waals surface area contributed by atoms with Crippen molar-refractivity contribution in [2.24, 2.45) is 0 Å². The summed E-state index contributed by atoms with van der Waals surface area (Å²) in [5.41, 5.74) is 1.15. The van der Waals surface area contributed by atoms with Crippen molar-refractivity contribution in [1.82, 2.24) is 5.32 Å². The molecule has 0 aliphatic heterocycles. The van der Waals surface area contributed by atoms with Crippen LogP contribution in [0.2, 0.25) is 0 Å². The molecule has 0 aliphatic rings. The Labute approximate surface area is 182 Å². The van der Waals surface area contributed by atoms with Gasteiger partial charge in [0, 0.05) is 12.6 Å². The lowest BCUT2D eigenvalue weighted by Gasteiger charge is -2.29. The van der Waals surface area contributed by atoms with Gasteiger partial charge in [-0.05, 0) is 41.5 Å². The number of rotatable bonds is 8. The number of nitrogens with one attached hydrogen (secondary N) is 1. The van der Waals surface area contributed by atoms with Crippen molar-refractivity contribution >= 4 is 32.4 Å². The minimum atomic E-state index is -3.79. The maximum absolute atomic E-state index is 12.9. The Morgan fingerprint density at radius 3 is 2.35 bits per heavy atom. The van der Waals surface area contributed by atoms with Crippen molar-refractivity contribution in [3.8, 4) is 11.5 Å². The first kappa shape index (κ1) is 22.4.